The Balaban J connectivity index is 1.11. The second-order valence-electron chi connectivity index (χ2n) is 17.5. The van der Waals surface area contributed by atoms with Gasteiger partial charge in [0.25, 0.3) is 0 Å². The first-order chi connectivity index (χ1) is 33.7. The summed E-state index contributed by atoms with van der Waals surface area (Å²) in [7, 11) is 0. The molecule has 0 fully saturated rings. The molecule has 0 aliphatic rings. The van der Waals surface area contributed by atoms with Gasteiger partial charge in [-0.05, 0) is 120 Å². The van der Waals surface area contributed by atoms with Gasteiger partial charge in [-0.2, -0.15) is 0 Å². The van der Waals surface area contributed by atoms with Crippen molar-refractivity contribution < 1.29 is 0 Å². The molecule has 6 heteroatoms. The summed E-state index contributed by atoms with van der Waals surface area (Å²) in [5, 5.41) is 4.87. The van der Waals surface area contributed by atoms with Gasteiger partial charge in [0.05, 0.1) is 44.1 Å². The zero-order chi connectivity index (χ0) is 44.7. The summed E-state index contributed by atoms with van der Waals surface area (Å²) in [4.78, 5) is 10.9. The number of rotatable bonds is 7. The van der Waals surface area contributed by atoms with Gasteiger partial charge < -0.3 is 9.13 Å². The van der Waals surface area contributed by atoms with E-state index in [-0.39, 0.29) is 0 Å². The number of para-hydroxylation sites is 10. The lowest BCUT2D eigenvalue weighted by molar-refractivity contribution is 1.09. The van der Waals surface area contributed by atoms with Gasteiger partial charge in [0.1, 0.15) is 11.6 Å². The zero-order valence-corrected chi connectivity index (χ0v) is 36.8. The first-order valence-electron chi connectivity index (χ1n) is 23.1. The lowest BCUT2D eigenvalue weighted by atomic mass is 9.97. The molecule has 6 nitrogen and oxygen atoms in total. The van der Waals surface area contributed by atoms with Crippen LogP contribution in [-0.2, 0) is 0 Å². The molecule has 0 aliphatic carbocycles. The fraction of sp³-hybridized carbons (Fsp3) is 0. The van der Waals surface area contributed by atoms with Crippen LogP contribution in [0, 0.1) is 0 Å². The van der Waals surface area contributed by atoms with Crippen molar-refractivity contribution in [2.45, 2.75) is 0 Å². The van der Waals surface area contributed by atoms with E-state index in [1.54, 1.807) is 0 Å². The predicted octanol–water partition coefficient (Wildman–Crippen LogP) is 15.6. The van der Waals surface area contributed by atoms with Crippen LogP contribution in [0.1, 0.15) is 0 Å². The average molecular weight is 869 g/mol. The van der Waals surface area contributed by atoms with E-state index < -0.39 is 0 Å². The standard InChI is InChI=1S/C62H40N6/c1-3-19-45(20-4-1)67-59-33-17-11-27-53(59)63-61(67)43-35-41(36-44(37-43)62-64-54-28-12-18-34-60(54)68(62)46-21-5-2-6-22-46)42-38-47(65-55-29-13-7-23-49(55)50-24-8-14-30-56(50)65)40-48(39-42)66-57-31-15-9-25-51(57)52-26-10-16-32-58(52)66/h1-40H. The van der Waals surface area contributed by atoms with Crippen molar-refractivity contribution in [3.63, 3.8) is 0 Å². The molecule has 0 bridgehead atoms. The van der Waals surface area contributed by atoms with Crippen LogP contribution >= 0.6 is 0 Å². The minimum atomic E-state index is 0.851. The molecule has 0 saturated heterocycles. The third-order valence-electron chi connectivity index (χ3n) is 13.5. The van der Waals surface area contributed by atoms with Crippen LogP contribution in [0.25, 0.3) is 122 Å². The first-order valence-corrected chi connectivity index (χ1v) is 23.1. The van der Waals surface area contributed by atoms with E-state index in [0.717, 1.165) is 101 Å². The smallest absolute Gasteiger partial charge is 0.145 e. The third kappa shape index (κ3) is 5.91. The maximum Gasteiger partial charge on any atom is 0.145 e. The van der Waals surface area contributed by atoms with Gasteiger partial charge in [0.15, 0.2) is 0 Å². The molecule has 4 aromatic heterocycles. The maximum atomic E-state index is 5.43. The van der Waals surface area contributed by atoms with Crippen LogP contribution in [0.3, 0.4) is 0 Å². The number of nitrogens with zero attached hydrogens (tertiary/aromatic N) is 6. The topological polar surface area (TPSA) is 45.5 Å². The highest BCUT2D eigenvalue weighted by molar-refractivity contribution is 6.11. The molecule has 0 amide bonds. The van der Waals surface area contributed by atoms with E-state index in [4.69, 9.17) is 9.97 Å². The van der Waals surface area contributed by atoms with Crippen molar-refractivity contribution in [2.24, 2.45) is 0 Å². The van der Waals surface area contributed by atoms with Crippen LogP contribution in [0.5, 0.6) is 0 Å². The second kappa shape index (κ2) is 15.2. The summed E-state index contributed by atoms with van der Waals surface area (Å²) in [5.74, 6) is 1.70. The molecule has 0 spiro atoms. The highest BCUT2D eigenvalue weighted by Gasteiger charge is 2.22. The SMILES string of the molecule is c1ccc(-n2c(-c3cc(-c4cc(-n5c6ccccc6c6ccccc65)cc(-n5c6ccccc6c6ccccc65)c4)cc(-c4nc5ccccc5n4-c4ccccc4)c3)nc3ccccc32)cc1. The van der Waals surface area contributed by atoms with Crippen LogP contribution in [0.15, 0.2) is 243 Å². The fourth-order valence-electron chi connectivity index (χ4n) is 10.6. The van der Waals surface area contributed by atoms with Gasteiger partial charge in [-0.15, -0.1) is 0 Å². The Morgan fingerprint density at radius 3 is 0.926 bits per heavy atom. The average Bonchev–Trinajstić information content (AvgIpc) is 4.17. The van der Waals surface area contributed by atoms with E-state index in [9.17, 15) is 0 Å². The fourth-order valence-corrected chi connectivity index (χ4v) is 10.6. The molecule has 0 saturated carbocycles. The molecule has 0 aliphatic heterocycles. The summed E-state index contributed by atoms with van der Waals surface area (Å²) < 4.78 is 9.44. The van der Waals surface area contributed by atoms with E-state index in [1.807, 2.05) is 0 Å². The number of imidazole rings is 2. The molecule has 318 valence electrons. The summed E-state index contributed by atoms with van der Waals surface area (Å²) in [5.41, 5.74) is 16.8. The number of benzene rings is 10. The summed E-state index contributed by atoms with van der Waals surface area (Å²) in [6.45, 7) is 0. The van der Waals surface area contributed by atoms with Crippen molar-refractivity contribution in [2.75, 3.05) is 0 Å². The number of aromatic nitrogens is 6. The normalized spacial score (nSPS) is 11.8. The van der Waals surface area contributed by atoms with E-state index in [0.29, 0.717) is 0 Å². The molecule has 14 aromatic rings. The molecule has 14 rings (SSSR count). The molecule has 4 heterocycles. The van der Waals surface area contributed by atoms with Crippen LogP contribution in [0.4, 0.5) is 0 Å². The lowest BCUT2D eigenvalue weighted by Crippen LogP contribution is -2.02. The monoisotopic (exact) mass is 868 g/mol. The molecule has 0 atom stereocenters. The van der Waals surface area contributed by atoms with Crippen molar-refractivity contribution >= 4 is 65.7 Å². The van der Waals surface area contributed by atoms with Crippen molar-refractivity contribution in [3.8, 4) is 56.7 Å². The first kappa shape index (κ1) is 38.1. The van der Waals surface area contributed by atoms with Gasteiger partial charge in [0, 0.05) is 55.4 Å². The Labute approximate surface area is 391 Å². The van der Waals surface area contributed by atoms with Gasteiger partial charge in [0.2, 0.25) is 0 Å². The number of fused-ring (bicyclic) bond motifs is 8. The molecule has 0 radical (unpaired) electrons. The predicted molar refractivity (Wildman–Crippen MR) is 281 cm³/mol. The van der Waals surface area contributed by atoms with Crippen molar-refractivity contribution in [1.82, 2.24) is 28.2 Å². The van der Waals surface area contributed by atoms with Gasteiger partial charge in [-0.3, -0.25) is 9.13 Å². The van der Waals surface area contributed by atoms with E-state index in [1.165, 1.54) is 21.5 Å². The highest BCUT2D eigenvalue weighted by Crippen LogP contribution is 2.41. The number of hydrogen-bond donors (Lipinski definition) is 0. The third-order valence-corrected chi connectivity index (χ3v) is 13.5. The molecule has 10 aromatic carbocycles. The molecule has 0 unspecified atom stereocenters. The van der Waals surface area contributed by atoms with Gasteiger partial charge in [-0.25, -0.2) is 9.97 Å². The van der Waals surface area contributed by atoms with Crippen LogP contribution in [0.2, 0.25) is 0 Å². The Bertz CT molecular complexity index is 3890. The Hall–Kier alpha value is -9.26. The summed E-state index contributed by atoms with van der Waals surface area (Å²) >= 11 is 0. The minimum Gasteiger partial charge on any atom is -0.309 e. The maximum absolute atomic E-state index is 5.43. The minimum absolute atomic E-state index is 0.851. The van der Waals surface area contributed by atoms with E-state index >= 15 is 0 Å². The largest absolute Gasteiger partial charge is 0.309 e. The number of hydrogen-bond acceptors (Lipinski definition) is 2. The van der Waals surface area contributed by atoms with Gasteiger partial charge in [-0.1, -0.05) is 133 Å². The van der Waals surface area contributed by atoms with Crippen molar-refractivity contribution in [3.05, 3.63) is 243 Å². The van der Waals surface area contributed by atoms with Crippen LogP contribution in [-0.4, -0.2) is 28.2 Å². The van der Waals surface area contributed by atoms with E-state index in [2.05, 4.69) is 261 Å². The zero-order valence-electron chi connectivity index (χ0n) is 36.8. The van der Waals surface area contributed by atoms with Crippen molar-refractivity contribution in [1.29, 1.82) is 0 Å². The molecule has 0 N–H and O–H groups in total. The Morgan fingerprint density at radius 2 is 0.529 bits per heavy atom. The van der Waals surface area contributed by atoms with Crippen LogP contribution < -0.4 is 0 Å². The lowest BCUT2D eigenvalue weighted by Gasteiger charge is -2.18. The molecular formula is C62H40N6. The molecule has 68 heavy (non-hydrogen) atoms. The van der Waals surface area contributed by atoms with Gasteiger partial charge >= 0.3 is 0 Å². The summed E-state index contributed by atoms with van der Waals surface area (Å²) in [6.07, 6.45) is 0. The molecular weight excluding hydrogens is 829 g/mol. The quantitative estimate of drug-likeness (QED) is 0.160. The highest BCUT2D eigenvalue weighted by atomic mass is 15.1. The Morgan fingerprint density at radius 1 is 0.221 bits per heavy atom. The summed E-state index contributed by atoms with van der Waals surface area (Å²) in [6, 6.07) is 87.0. The Kier molecular flexibility index (Phi) is 8.48. The second-order valence-corrected chi connectivity index (χ2v) is 17.5.